The Morgan fingerprint density at radius 1 is 1.29 bits per heavy atom. The average Bonchev–Trinajstić information content (AvgIpc) is 2.96. The number of fused-ring (bicyclic) bond motifs is 2. The number of rotatable bonds is 1. The predicted molar refractivity (Wildman–Crippen MR) is 85.0 cm³/mol. The van der Waals surface area contributed by atoms with Gasteiger partial charge in [-0.25, -0.2) is 9.37 Å². The Kier molecular flexibility index (Phi) is 2.79. The van der Waals surface area contributed by atoms with Gasteiger partial charge in [-0.2, -0.15) is 0 Å². The summed E-state index contributed by atoms with van der Waals surface area (Å²) >= 11 is 1.68. The van der Waals surface area contributed by atoms with Crippen LogP contribution < -0.4 is 5.73 Å². The molecule has 0 saturated carbocycles. The molecule has 3 nitrogen and oxygen atoms in total. The number of thiophene rings is 1. The maximum Gasteiger partial charge on any atom is 0.144 e. The normalized spacial score (nSPS) is 14.6. The molecular formula is C16H16FN3S. The Bertz CT molecular complexity index is 847. The summed E-state index contributed by atoms with van der Waals surface area (Å²) in [5.41, 5.74) is 10.3. The zero-order valence-electron chi connectivity index (χ0n) is 11.8. The first-order valence-corrected chi connectivity index (χ1v) is 7.99. The van der Waals surface area contributed by atoms with Crippen molar-refractivity contribution in [2.75, 3.05) is 5.73 Å². The van der Waals surface area contributed by atoms with Crippen molar-refractivity contribution in [1.82, 2.24) is 9.55 Å². The number of benzene rings is 1. The van der Waals surface area contributed by atoms with Crippen LogP contribution in [0, 0.1) is 5.82 Å². The second kappa shape index (κ2) is 4.56. The Morgan fingerprint density at radius 3 is 2.95 bits per heavy atom. The van der Waals surface area contributed by atoms with Crippen molar-refractivity contribution in [3.05, 3.63) is 34.5 Å². The standard InChI is InChI=1S/C16H16FN3S/c1-20-12-8-9(17)6-7-11(12)19-16(20)14-10-4-2-3-5-13(10)21-15(14)18/h6-8H,2-5,18H2,1H3. The van der Waals surface area contributed by atoms with Crippen LogP contribution in [0.4, 0.5) is 9.39 Å². The van der Waals surface area contributed by atoms with Gasteiger partial charge in [0.25, 0.3) is 0 Å². The molecule has 5 heteroatoms. The highest BCUT2D eigenvalue weighted by Gasteiger charge is 2.23. The number of hydrogen-bond donors (Lipinski definition) is 1. The SMILES string of the molecule is Cn1c(-c2c(N)sc3c2CCCC3)nc2ccc(F)cc21. The van der Waals surface area contributed by atoms with Gasteiger partial charge in [-0.05, 0) is 49.4 Å². The van der Waals surface area contributed by atoms with Crippen LogP contribution in [0.25, 0.3) is 22.4 Å². The Labute approximate surface area is 126 Å². The van der Waals surface area contributed by atoms with Crippen LogP contribution in [0.1, 0.15) is 23.3 Å². The van der Waals surface area contributed by atoms with Crippen molar-refractivity contribution in [1.29, 1.82) is 0 Å². The van der Waals surface area contributed by atoms with E-state index in [2.05, 4.69) is 4.98 Å². The van der Waals surface area contributed by atoms with E-state index in [1.165, 1.54) is 35.4 Å². The second-order valence-electron chi connectivity index (χ2n) is 5.58. The maximum absolute atomic E-state index is 13.5. The number of imidazole rings is 1. The number of aryl methyl sites for hydroxylation is 2. The van der Waals surface area contributed by atoms with Crippen LogP contribution in [0.2, 0.25) is 0 Å². The van der Waals surface area contributed by atoms with E-state index in [4.69, 9.17) is 5.73 Å². The van der Waals surface area contributed by atoms with Gasteiger partial charge < -0.3 is 10.3 Å². The molecule has 2 aromatic heterocycles. The van der Waals surface area contributed by atoms with E-state index < -0.39 is 0 Å². The van der Waals surface area contributed by atoms with E-state index in [-0.39, 0.29) is 5.82 Å². The number of nitrogen functional groups attached to an aromatic ring is 1. The molecule has 3 aromatic rings. The molecule has 0 amide bonds. The molecule has 0 bridgehead atoms. The van der Waals surface area contributed by atoms with Gasteiger partial charge in [-0.1, -0.05) is 0 Å². The summed E-state index contributed by atoms with van der Waals surface area (Å²) in [5.74, 6) is 0.616. The van der Waals surface area contributed by atoms with E-state index >= 15 is 0 Å². The van der Waals surface area contributed by atoms with E-state index in [0.29, 0.717) is 0 Å². The molecule has 0 spiro atoms. The molecule has 0 fully saturated rings. The number of halogens is 1. The molecule has 0 saturated heterocycles. The molecule has 21 heavy (non-hydrogen) atoms. The van der Waals surface area contributed by atoms with E-state index in [9.17, 15) is 4.39 Å². The molecule has 1 aromatic carbocycles. The lowest BCUT2D eigenvalue weighted by atomic mass is 9.95. The summed E-state index contributed by atoms with van der Waals surface area (Å²) in [4.78, 5) is 6.08. The average molecular weight is 301 g/mol. The smallest absolute Gasteiger partial charge is 0.144 e. The zero-order chi connectivity index (χ0) is 14.6. The van der Waals surface area contributed by atoms with Crippen molar-refractivity contribution in [3.63, 3.8) is 0 Å². The molecular weight excluding hydrogens is 285 g/mol. The molecule has 108 valence electrons. The fourth-order valence-corrected chi connectivity index (χ4v) is 4.37. The van der Waals surface area contributed by atoms with Crippen molar-refractivity contribution in [2.45, 2.75) is 25.7 Å². The molecule has 2 N–H and O–H groups in total. The highest BCUT2D eigenvalue weighted by atomic mass is 32.1. The fraction of sp³-hybridized carbons (Fsp3) is 0.312. The maximum atomic E-state index is 13.5. The summed E-state index contributed by atoms with van der Waals surface area (Å²) < 4.78 is 15.4. The van der Waals surface area contributed by atoms with E-state index in [1.54, 1.807) is 17.4 Å². The summed E-state index contributed by atoms with van der Waals surface area (Å²) in [6.07, 6.45) is 4.62. The molecule has 0 atom stereocenters. The van der Waals surface area contributed by atoms with Crippen molar-refractivity contribution >= 4 is 27.4 Å². The van der Waals surface area contributed by atoms with Gasteiger partial charge in [0, 0.05) is 11.9 Å². The Hall–Kier alpha value is -1.88. The number of aromatic nitrogens is 2. The minimum atomic E-state index is -0.239. The van der Waals surface area contributed by atoms with Crippen LogP contribution >= 0.6 is 11.3 Å². The van der Waals surface area contributed by atoms with Crippen LogP contribution in [0.15, 0.2) is 18.2 Å². The van der Waals surface area contributed by atoms with Gasteiger partial charge in [0.15, 0.2) is 0 Å². The predicted octanol–water partition coefficient (Wildman–Crippen LogP) is 3.90. The third-order valence-electron chi connectivity index (χ3n) is 4.27. The van der Waals surface area contributed by atoms with Gasteiger partial charge in [0.1, 0.15) is 11.6 Å². The summed E-state index contributed by atoms with van der Waals surface area (Å²) in [5, 5.41) is 0.834. The van der Waals surface area contributed by atoms with Crippen LogP contribution in [-0.4, -0.2) is 9.55 Å². The topological polar surface area (TPSA) is 43.8 Å². The van der Waals surface area contributed by atoms with Crippen molar-refractivity contribution < 1.29 is 4.39 Å². The van der Waals surface area contributed by atoms with Gasteiger partial charge >= 0.3 is 0 Å². The van der Waals surface area contributed by atoms with Crippen LogP contribution in [0.3, 0.4) is 0 Å². The minimum absolute atomic E-state index is 0.239. The molecule has 0 unspecified atom stereocenters. The summed E-state index contributed by atoms with van der Waals surface area (Å²) in [6, 6.07) is 4.70. The van der Waals surface area contributed by atoms with Gasteiger partial charge in [-0.15, -0.1) is 11.3 Å². The summed E-state index contributed by atoms with van der Waals surface area (Å²) in [6.45, 7) is 0. The molecule has 0 radical (unpaired) electrons. The molecule has 1 aliphatic carbocycles. The fourth-order valence-electron chi connectivity index (χ4n) is 3.22. The first kappa shape index (κ1) is 12.8. The van der Waals surface area contributed by atoms with E-state index in [1.807, 2.05) is 11.6 Å². The zero-order valence-corrected chi connectivity index (χ0v) is 12.6. The third-order valence-corrected chi connectivity index (χ3v) is 5.39. The van der Waals surface area contributed by atoms with Crippen molar-refractivity contribution in [3.8, 4) is 11.4 Å². The van der Waals surface area contributed by atoms with E-state index in [0.717, 1.165) is 40.3 Å². The molecule has 2 heterocycles. The molecule has 1 aliphatic rings. The summed E-state index contributed by atoms with van der Waals surface area (Å²) in [7, 11) is 1.93. The number of nitrogens with two attached hydrogens (primary N) is 1. The third kappa shape index (κ3) is 1.87. The quantitative estimate of drug-likeness (QED) is 0.741. The lowest BCUT2D eigenvalue weighted by Gasteiger charge is -2.12. The second-order valence-corrected chi connectivity index (χ2v) is 6.71. The van der Waals surface area contributed by atoms with Crippen LogP contribution in [-0.2, 0) is 19.9 Å². The lowest BCUT2D eigenvalue weighted by molar-refractivity contribution is 0.629. The minimum Gasteiger partial charge on any atom is -0.390 e. The molecule has 0 aliphatic heterocycles. The first-order chi connectivity index (χ1) is 10.1. The van der Waals surface area contributed by atoms with Gasteiger partial charge in [0.05, 0.1) is 21.6 Å². The Morgan fingerprint density at radius 2 is 2.10 bits per heavy atom. The number of nitrogens with zero attached hydrogens (tertiary/aromatic N) is 2. The monoisotopic (exact) mass is 301 g/mol. The van der Waals surface area contributed by atoms with Gasteiger partial charge in [0.2, 0.25) is 0 Å². The lowest BCUT2D eigenvalue weighted by Crippen LogP contribution is -2.02. The molecule has 4 rings (SSSR count). The number of hydrogen-bond acceptors (Lipinski definition) is 3. The number of anilines is 1. The first-order valence-electron chi connectivity index (χ1n) is 7.17. The largest absolute Gasteiger partial charge is 0.390 e. The van der Waals surface area contributed by atoms with Gasteiger partial charge in [-0.3, -0.25) is 0 Å². The Balaban J connectivity index is 1.99. The van der Waals surface area contributed by atoms with Crippen molar-refractivity contribution in [2.24, 2.45) is 7.05 Å². The van der Waals surface area contributed by atoms with Crippen LogP contribution in [0.5, 0.6) is 0 Å². The highest BCUT2D eigenvalue weighted by Crippen LogP contribution is 2.42. The highest BCUT2D eigenvalue weighted by molar-refractivity contribution is 7.16.